The second-order valence-corrected chi connectivity index (χ2v) is 4.85. The van der Waals surface area contributed by atoms with Gasteiger partial charge in [-0.25, -0.2) is 0 Å². The summed E-state index contributed by atoms with van der Waals surface area (Å²) in [6.07, 6.45) is 7.54. The Balaban J connectivity index is 1.68. The molecule has 0 amide bonds. The Labute approximate surface area is 79.6 Å². The van der Waals surface area contributed by atoms with Gasteiger partial charge in [-0.1, -0.05) is 6.42 Å². The zero-order valence-corrected chi connectivity index (χ0v) is 8.13. The van der Waals surface area contributed by atoms with Crippen LogP contribution in [-0.4, -0.2) is 19.0 Å². The number of ether oxygens (including phenoxy) is 2. The molecule has 3 aliphatic rings. The smallest absolute Gasteiger partial charge is 0.168 e. The Bertz CT molecular complexity index is 182. The predicted octanol–water partition coefficient (Wildman–Crippen LogP) is 2.33. The van der Waals surface area contributed by atoms with E-state index in [1.807, 2.05) is 0 Å². The quantitative estimate of drug-likeness (QED) is 0.572. The standard InChI is InChI=1S/C11H18O2/c1-2-4-11(5-3-1)12-7-9-6-10(9)8-13-11/h9-10H,1-8H2. The van der Waals surface area contributed by atoms with Crippen LogP contribution in [0.25, 0.3) is 0 Å². The molecule has 1 spiro atoms. The average Bonchev–Trinajstić information content (AvgIpc) is 2.92. The minimum atomic E-state index is -0.147. The Kier molecular flexibility index (Phi) is 1.88. The lowest BCUT2D eigenvalue weighted by Gasteiger charge is -2.36. The molecule has 2 nitrogen and oxygen atoms in total. The first-order chi connectivity index (χ1) is 6.38. The van der Waals surface area contributed by atoms with Gasteiger partial charge in [0.25, 0.3) is 0 Å². The molecule has 2 atom stereocenters. The maximum absolute atomic E-state index is 5.96. The summed E-state index contributed by atoms with van der Waals surface area (Å²) in [5, 5.41) is 0. The van der Waals surface area contributed by atoms with Gasteiger partial charge in [0.05, 0.1) is 13.2 Å². The van der Waals surface area contributed by atoms with Gasteiger partial charge in [-0.05, 0) is 31.1 Å². The van der Waals surface area contributed by atoms with Crippen molar-refractivity contribution in [3.8, 4) is 0 Å². The summed E-state index contributed by atoms with van der Waals surface area (Å²) in [6, 6.07) is 0. The molecule has 3 rings (SSSR count). The van der Waals surface area contributed by atoms with Crippen molar-refractivity contribution >= 4 is 0 Å². The van der Waals surface area contributed by atoms with Crippen LogP contribution in [0.1, 0.15) is 38.5 Å². The lowest BCUT2D eigenvalue weighted by Crippen LogP contribution is -2.38. The molecular formula is C11H18O2. The molecule has 2 heteroatoms. The molecule has 0 aromatic heterocycles. The highest BCUT2D eigenvalue weighted by molar-refractivity contribution is 4.90. The second kappa shape index (κ2) is 2.96. The van der Waals surface area contributed by atoms with Crippen LogP contribution in [0.5, 0.6) is 0 Å². The van der Waals surface area contributed by atoms with Crippen molar-refractivity contribution < 1.29 is 9.47 Å². The van der Waals surface area contributed by atoms with Gasteiger partial charge in [0.2, 0.25) is 0 Å². The van der Waals surface area contributed by atoms with Crippen molar-refractivity contribution in [2.24, 2.45) is 11.8 Å². The van der Waals surface area contributed by atoms with E-state index in [0.29, 0.717) is 0 Å². The van der Waals surface area contributed by atoms with Gasteiger partial charge in [0.1, 0.15) is 0 Å². The highest BCUT2D eigenvalue weighted by Gasteiger charge is 2.46. The summed E-state index contributed by atoms with van der Waals surface area (Å²) in [5.74, 6) is 1.52. The van der Waals surface area contributed by atoms with Gasteiger partial charge in [-0.2, -0.15) is 0 Å². The SMILES string of the molecule is C1CCC2(CC1)OCC1CC1CO2. The summed E-state index contributed by atoms with van der Waals surface area (Å²) in [6.45, 7) is 1.93. The molecule has 3 fully saturated rings. The largest absolute Gasteiger partial charge is 0.350 e. The van der Waals surface area contributed by atoms with E-state index in [4.69, 9.17) is 9.47 Å². The molecule has 0 radical (unpaired) electrons. The topological polar surface area (TPSA) is 18.5 Å². The maximum Gasteiger partial charge on any atom is 0.168 e. The molecule has 0 N–H and O–H groups in total. The van der Waals surface area contributed by atoms with Gasteiger partial charge in [0.15, 0.2) is 5.79 Å². The molecule has 1 aliphatic heterocycles. The van der Waals surface area contributed by atoms with Crippen LogP contribution in [0.2, 0.25) is 0 Å². The fourth-order valence-corrected chi connectivity index (χ4v) is 2.66. The highest BCUT2D eigenvalue weighted by Crippen LogP contribution is 2.45. The van der Waals surface area contributed by atoms with Crippen LogP contribution >= 0.6 is 0 Å². The van der Waals surface area contributed by atoms with E-state index in [-0.39, 0.29) is 5.79 Å². The van der Waals surface area contributed by atoms with Crippen LogP contribution in [-0.2, 0) is 9.47 Å². The fraction of sp³-hybridized carbons (Fsp3) is 1.00. The lowest BCUT2D eigenvalue weighted by atomic mass is 9.94. The van der Waals surface area contributed by atoms with Gasteiger partial charge in [0, 0.05) is 12.8 Å². The van der Waals surface area contributed by atoms with E-state index in [2.05, 4.69) is 0 Å². The molecule has 74 valence electrons. The highest BCUT2D eigenvalue weighted by atomic mass is 16.7. The first-order valence-electron chi connectivity index (χ1n) is 5.66. The summed E-state index contributed by atoms with van der Waals surface area (Å²) in [4.78, 5) is 0. The second-order valence-electron chi connectivity index (χ2n) is 4.85. The van der Waals surface area contributed by atoms with Crippen LogP contribution in [0.3, 0.4) is 0 Å². The van der Waals surface area contributed by atoms with Crippen molar-refractivity contribution in [1.29, 1.82) is 0 Å². The van der Waals surface area contributed by atoms with Crippen LogP contribution in [0.4, 0.5) is 0 Å². The Hall–Kier alpha value is -0.0800. The molecule has 0 aromatic rings. The molecule has 13 heavy (non-hydrogen) atoms. The molecule has 1 heterocycles. The Morgan fingerprint density at radius 2 is 1.46 bits per heavy atom. The van der Waals surface area contributed by atoms with Crippen LogP contribution in [0, 0.1) is 11.8 Å². The predicted molar refractivity (Wildman–Crippen MR) is 49.3 cm³/mol. The average molecular weight is 182 g/mol. The normalized spacial score (nSPS) is 42.5. The number of hydrogen-bond acceptors (Lipinski definition) is 2. The molecule has 2 saturated carbocycles. The lowest BCUT2D eigenvalue weighted by molar-refractivity contribution is -0.246. The first-order valence-corrected chi connectivity index (χ1v) is 5.66. The fourth-order valence-electron chi connectivity index (χ4n) is 2.66. The summed E-state index contributed by atoms with van der Waals surface area (Å²) >= 11 is 0. The van der Waals surface area contributed by atoms with E-state index >= 15 is 0 Å². The van der Waals surface area contributed by atoms with E-state index < -0.39 is 0 Å². The third-order valence-electron chi connectivity index (χ3n) is 3.81. The maximum atomic E-state index is 5.96. The third kappa shape index (κ3) is 1.50. The molecule has 2 unspecified atom stereocenters. The molecule has 0 aromatic carbocycles. The minimum absolute atomic E-state index is 0.147. The monoisotopic (exact) mass is 182 g/mol. The molecule has 1 saturated heterocycles. The van der Waals surface area contributed by atoms with Gasteiger partial charge < -0.3 is 9.47 Å². The zero-order valence-electron chi connectivity index (χ0n) is 8.13. The zero-order chi connectivity index (χ0) is 8.73. The van der Waals surface area contributed by atoms with Gasteiger partial charge >= 0.3 is 0 Å². The minimum Gasteiger partial charge on any atom is -0.350 e. The summed E-state index contributed by atoms with van der Waals surface area (Å²) in [5.41, 5.74) is 0. The van der Waals surface area contributed by atoms with Crippen molar-refractivity contribution in [3.63, 3.8) is 0 Å². The number of hydrogen-bond donors (Lipinski definition) is 0. The van der Waals surface area contributed by atoms with E-state index in [1.165, 1.54) is 25.7 Å². The first kappa shape index (κ1) is 8.25. The van der Waals surface area contributed by atoms with E-state index in [1.54, 1.807) is 0 Å². The Morgan fingerprint density at radius 3 is 2.08 bits per heavy atom. The molecular weight excluding hydrogens is 164 g/mol. The van der Waals surface area contributed by atoms with Crippen molar-refractivity contribution in [3.05, 3.63) is 0 Å². The summed E-state index contributed by atoms with van der Waals surface area (Å²) < 4.78 is 11.9. The Morgan fingerprint density at radius 1 is 0.846 bits per heavy atom. The molecule has 2 aliphatic carbocycles. The number of rotatable bonds is 0. The summed E-state index contributed by atoms with van der Waals surface area (Å²) in [7, 11) is 0. The van der Waals surface area contributed by atoms with Crippen LogP contribution < -0.4 is 0 Å². The third-order valence-corrected chi connectivity index (χ3v) is 3.81. The van der Waals surface area contributed by atoms with Crippen molar-refractivity contribution in [2.75, 3.05) is 13.2 Å². The van der Waals surface area contributed by atoms with Crippen molar-refractivity contribution in [2.45, 2.75) is 44.3 Å². The van der Waals surface area contributed by atoms with E-state index in [9.17, 15) is 0 Å². The van der Waals surface area contributed by atoms with E-state index in [0.717, 1.165) is 37.9 Å². The van der Waals surface area contributed by atoms with Gasteiger partial charge in [-0.15, -0.1) is 0 Å². The van der Waals surface area contributed by atoms with Crippen molar-refractivity contribution in [1.82, 2.24) is 0 Å². The number of fused-ring (bicyclic) bond motifs is 1. The molecule has 0 bridgehead atoms. The van der Waals surface area contributed by atoms with Gasteiger partial charge in [-0.3, -0.25) is 0 Å². The van der Waals surface area contributed by atoms with Crippen LogP contribution in [0.15, 0.2) is 0 Å².